The van der Waals surface area contributed by atoms with Gasteiger partial charge in [0.25, 0.3) is 0 Å². The van der Waals surface area contributed by atoms with Gasteiger partial charge in [0.2, 0.25) is 11.8 Å². The summed E-state index contributed by atoms with van der Waals surface area (Å²) in [7, 11) is 0. The van der Waals surface area contributed by atoms with E-state index in [9.17, 15) is 9.59 Å². The van der Waals surface area contributed by atoms with Gasteiger partial charge in [-0.15, -0.1) is 0 Å². The monoisotopic (exact) mass is 228 g/mol. The minimum atomic E-state index is -0.497. The maximum atomic E-state index is 11.4. The Balaban J connectivity index is 2.36. The van der Waals surface area contributed by atoms with Gasteiger partial charge in [-0.3, -0.25) is 9.59 Å². The van der Waals surface area contributed by atoms with Crippen molar-refractivity contribution in [3.05, 3.63) is 0 Å². The second kappa shape index (κ2) is 6.44. The number of carbonyl (C=O) groups is 2. The molecule has 6 heteroatoms. The summed E-state index contributed by atoms with van der Waals surface area (Å²) in [5.74, 6) is -0.721. The van der Waals surface area contributed by atoms with Gasteiger partial charge in [-0.2, -0.15) is 0 Å². The van der Waals surface area contributed by atoms with Crippen LogP contribution >= 0.6 is 0 Å². The Kier molecular flexibility index (Phi) is 5.21. The molecule has 1 aliphatic heterocycles. The predicted molar refractivity (Wildman–Crippen MR) is 60.5 cm³/mol. The van der Waals surface area contributed by atoms with Gasteiger partial charge in [-0.25, -0.2) is 0 Å². The van der Waals surface area contributed by atoms with Crippen LogP contribution in [0.1, 0.15) is 12.8 Å². The fourth-order valence-corrected chi connectivity index (χ4v) is 1.88. The maximum absolute atomic E-state index is 11.4. The van der Waals surface area contributed by atoms with Crippen LogP contribution in [-0.4, -0.2) is 60.9 Å². The number of carbonyl (C=O) groups excluding carboxylic acids is 2. The second-order valence-corrected chi connectivity index (χ2v) is 4.03. The summed E-state index contributed by atoms with van der Waals surface area (Å²) < 4.78 is 0. The van der Waals surface area contributed by atoms with Crippen LogP contribution in [0.3, 0.4) is 0 Å². The molecule has 1 aliphatic rings. The highest BCUT2D eigenvalue weighted by Crippen LogP contribution is 2.06. The Morgan fingerprint density at radius 2 is 1.88 bits per heavy atom. The van der Waals surface area contributed by atoms with E-state index in [0.717, 1.165) is 19.6 Å². The molecule has 4 N–H and O–H groups in total. The van der Waals surface area contributed by atoms with Crippen LogP contribution in [0.25, 0.3) is 0 Å². The fourth-order valence-electron chi connectivity index (χ4n) is 1.88. The lowest BCUT2D eigenvalue weighted by molar-refractivity contribution is -0.134. The van der Waals surface area contributed by atoms with Crippen LogP contribution in [0, 0.1) is 0 Å². The average Bonchev–Trinajstić information content (AvgIpc) is 2.75. The van der Waals surface area contributed by atoms with Gasteiger partial charge in [0, 0.05) is 13.1 Å². The van der Waals surface area contributed by atoms with Gasteiger partial charge in [-0.1, -0.05) is 0 Å². The smallest absolute Gasteiger partial charge is 0.237 e. The van der Waals surface area contributed by atoms with Crippen LogP contribution in [0.15, 0.2) is 0 Å². The van der Waals surface area contributed by atoms with Gasteiger partial charge in [-0.05, 0) is 25.9 Å². The van der Waals surface area contributed by atoms with Crippen molar-refractivity contribution in [1.29, 1.82) is 0 Å². The van der Waals surface area contributed by atoms with Crippen LogP contribution in [0.4, 0.5) is 0 Å². The highest BCUT2D eigenvalue weighted by Gasteiger charge is 2.17. The zero-order valence-electron chi connectivity index (χ0n) is 9.52. The Bertz CT molecular complexity index is 251. The largest absolute Gasteiger partial charge is 0.368 e. The van der Waals surface area contributed by atoms with E-state index in [2.05, 4.69) is 4.90 Å². The normalized spacial score (nSPS) is 16.3. The summed E-state index contributed by atoms with van der Waals surface area (Å²) in [6, 6.07) is 0. The van der Waals surface area contributed by atoms with E-state index in [0.29, 0.717) is 6.54 Å². The molecule has 2 amide bonds. The van der Waals surface area contributed by atoms with Crippen molar-refractivity contribution < 1.29 is 9.59 Å². The standard InChI is InChI=1S/C10H20N4O2/c11-7-10(16)14(8-9(12)15)6-5-13-3-1-2-4-13/h1-8,11H2,(H2,12,15). The third-order valence-corrected chi connectivity index (χ3v) is 2.76. The Morgan fingerprint density at radius 3 is 2.38 bits per heavy atom. The molecule has 0 atom stereocenters. The molecular formula is C10H20N4O2. The Labute approximate surface area is 95.5 Å². The van der Waals surface area contributed by atoms with E-state index >= 15 is 0 Å². The third-order valence-electron chi connectivity index (χ3n) is 2.76. The minimum Gasteiger partial charge on any atom is -0.368 e. The average molecular weight is 228 g/mol. The van der Waals surface area contributed by atoms with Crippen molar-refractivity contribution in [3.63, 3.8) is 0 Å². The Morgan fingerprint density at radius 1 is 1.25 bits per heavy atom. The maximum Gasteiger partial charge on any atom is 0.237 e. The number of likely N-dealkylation sites (tertiary alicyclic amines) is 1. The van der Waals surface area contributed by atoms with E-state index < -0.39 is 5.91 Å². The second-order valence-electron chi connectivity index (χ2n) is 4.03. The van der Waals surface area contributed by atoms with Crippen LogP contribution in [0.2, 0.25) is 0 Å². The van der Waals surface area contributed by atoms with Gasteiger partial charge in [0.15, 0.2) is 0 Å². The van der Waals surface area contributed by atoms with E-state index in [1.165, 1.54) is 17.7 Å². The highest BCUT2D eigenvalue weighted by atomic mass is 16.2. The zero-order valence-corrected chi connectivity index (χ0v) is 9.52. The molecule has 0 unspecified atom stereocenters. The van der Waals surface area contributed by atoms with E-state index in [4.69, 9.17) is 11.5 Å². The first-order valence-corrected chi connectivity index (χ1v) is 5.62. The van der Waals surface area contributed by atoms with Crippen LogP contribution < -0.4 is 11.5 Å². The van der Waals surface area contributed by atoms with Crippen molar-refractivity contribution in [2.75, 3.05) is 39.3 Å². The number of hydrogen-bond donors (Lipinski definition) is 2. The highest BCUT2D eigenvalue weighted by molar-refractivity contribution is 5.84. The molecule has 1 rings (SSSR count). The molecule has 1 saturated heterocycles. The molecule has 0 aromatic rings. The molecule has 0 radical (unpaired) electrons. The molecule has 0 aromatic heterocycles. The SMILES string of the molecule is NCC(=O)N(CCN1CCCC1)CC(N)=O. The zero-order chi connectivity index (χ0) is 12.0. The molecule has 0 bridgehead atoms. The molecule has 6 nitrogen and oxygen atoms in total. The topological polar surface area (TPSA) is 92.7 Å². The number of hydrogen-bond acceptors (Lipinski definition) is 4. The van der Waals surface area contributed by atoms with Gasteiger partial charge in [0.1, 0.15) is 0 Å². The Hall–Kier alpha value is -1.14. The number of primary amides is 1. The molecule has 1 heterocycles. The van der Waals surface area contributed by atoms with E-state index in [1.807, 2.05) is 0 Å². The molecular weight excluding hydrogens is 208 g/mol. The number of nitrogens with two attached hydrogens (primary N) is 2. The van der Waals surface area contributed by atoms with Crippen LogP contribution in [0.5, 0.6) is 0 Å². The first kappa shape index (κ1) is 12.9. The summed E-state index contributed by atoms with van der Waals surface area (Å²) in [6.45, 7) is 3.34. The summed E-state index contributed by atoms with van der Waals surface area (Å²) >= 11 is 0. The first-order valence-electron chi connectivity index (χ1n) is 5.62. The molecule has 0 saturated carbocycles. The third kappa shape index (κ3) is 4.16. The molecule has 92 valence electrons. The predicted octanol–water partition coefficient (Wildman–Crippen LogP) is -1.65. The van der Waals surface area contributed by atoms with Crippen molar-refractivity contribution in [1.82, 2.24) is 9.80 Å². The molecule has 0 spiro atoms. The number of amides is 2. The van der Waals surface area contributed by atoms with Crippen molar-refractivity contribution in [2.45, 2.75) is 12.8 Å². The quantitative estimate of drug-likeness (QED) is 0.570. The fraction of sp³-hybridized carbons (Fsp3) is 0.800. The number of rotatable bonds is 6. The lowest BCUT2D eigenvalue weighted by Gasteiger charge is -2.23. The van der Waals surface area contributed by atoms with Crippen molar-refractivity contribution in [3.8, 4) is 0 Å². The first-order chi connectivity index (χ1) is 7.63. The van der Waals surface area contributed by atoms with Crippen molar-refractivity contribution >= 4 is 11.8 Å². The molecule has 16 heavy (non-hydrogen) atoms. The lowest BCUT2D eigenvalue weighted by atomic mass is 10.4. The van der Waals surface area contributed by atoms with E-state index in [1.54, 1.807) is 0 Å². The summed E-state index contributed by atoms with van der Waals surface area (Å²) in [5, 5.41) is 0. The van der Waals surface area contributed by atoms with Crippen molar-refractivity contribution in [2.24, 2.45) is 11.5 Å². The van der Waals surface area contributed by atoms with Gasteiger partial charge < -0.3 is 21.3 Å². The molecule has 0 aliphatic carbocycles. The molecule has 0 aromatic carbocycles. The summed E-state index contributed by atoms with van der Waals surface area (Å²) in [4.78, 5) is 25.9. The minimum absolute atomic E-state index is 0.0378. The summed E-state index contributed by atoms with van der Waals surface area (Å²) in [5.41, 5.74) is 10.4. The number of nitrogens with zero attached hydrogens (tertiary/aromatic N) is 2. The summed E-state index contributed by atoms with van der Waals surface area (Å²) in [6.07, 6.45) is 2.42. The van der Waals surface area contributed by atoms with E-state index in [-0.39, 0.29) is 19.0 Å². The van der Waals surface area contributed by atoms with Crippen LogP contribution in [-0.2, 0) is 9.59 Å². The lowest BCUT2D eigenvalue weighted by Crippen LogP contribution is -2.45. The molecule has 1 fully saturated rings. The van der Waals surface area contributed by atoms with Gasteiger partial charge >= 0.3 is 0 Å². The van der Waals surface area contributed by atoms with Gasteiger partial charge in [0.05, 0.1) is 13.1 Å².